The van der Waals surface area contributed by atoms with Crippen LogP contribution < -0.4 is 5.69 Å². The third-order valence-corrected chi connectivity index (χ3v) is 4.77. The van der Waals surface area contributed by atoms with E-state index in [-0.39, 0.29) is 17.4 Å². The van der Waals surface area contributed by atoms with Crippen LogP contribution >= 0.6 is 0 Å². The Labute approximate surface area is 127 Å². The fourth-order valence-corrected chi connectivity index (χ4v) is 3.43. The van der Waals surface area contributed by atoms with Crippen molar-refractivity contribution in [3.8, 4) is 5.75 Å². The van der Waals surface area contributed by atoms with E-state index in [0.29, 0.717) is 25.3 Å². The van der Waals surface area contributed by atoms with E-state index in [1.54, 1.807) is 34.4 Å². The molecule has 1 aliphatic carbocycles. The largest absolute Gasteiger partial charge is 0.508 e. The molecule has 0 spiro atoms. The Hall–Kier alpha value is -2.24. The number of carboxylic acids is 1. The number of phenolic OH excluding ortho intramolecular Hbond substituents is 1. The Morgan fingerprint density at radius 3 is 2.55 bits per heavy atom. The zero-order valence-electron chi connectivity index (χ0n) is 12.5. The van der Waals surface area contributed by atoms with Gasteiger partial charge in [0.25, 0.3) is 0 Å². The van der Waals surface area contributed by atoms with Gasteiger partial charge in [0, 0.05) is 19.7 Å². The van der Waals surface area contributed by atoms with Crippen LogP contribution in [0, 0.1) is 11.8 Å². The maximum Gasteiger partial charge on any atom is 0.328 e. The monoisotopic (exact) mass is 304 g/mol. The molecule has 0 saturated heterocycles. The minimum absolute atomic E-state index is 0.0963. The Morgan fingerprint density at radius 1 is 1.23 bits per heavy atom. The summed E-state index contributed by atoms with van der Waals surface area (Å²) in [6.07, 6.45) is 2.98. The Bertz CT molecular complexity index is 766. The molecule has 2 aromatic rings. The predicted octanol–water partition coefficient (Wildman–Crippen LogP) is 1.94. The van der Waals surface area contributed by atoms with E-state index in [1.165, 1.54) is 0 Å². The van der Waals surface area contributed by atoms with Crippen LogP contribution in [0.5, 0.6) is 5.75 Å². The molecule has 0 unspecified atom stereocenters. The van der Waals surface area contributed by atoms with Gasteiger partial charge in [-0.1, -0.05) is 0 Å². The predicted molar refractivity (Wildman–Crippen MR) is 81.9 cm³/mol. The van der Waals surface area contributed by atoms with Crippen molar-refractivity contribution in [3.63, 3.8) is 0 Å². The summed E-state index contributed by atoms with van der Waals surface area (Å²) in [7, 11) is 1.72. The van der Waals surface area contributed by atoms with Gasteiger partial charge in [0.15, 0.2) is 0 Å². The summed E-state index contributed by atoms with van der Waals surface area (Å²) in [5.74, 6) is -0.516. The number of imidazole rings is 1. The average Bonchev–Trinajstić information content (AvgIpc) is 2.72. The Balaban J connectivity index is 1.86. The van der Waals surface area contributed by atoms with E-state index in [2.05, 4.69) is 0 Å². The second kappa shape index (κ2) is 5.51. The number of hydrogen-bond acceptors (Lipinski definition) is 3. The zero-order chi connectivity index (χ0) is 15.9. The highest BCUT2D eigenvalue weighted by atomic mass is 16.4. The molecule has 0 aliphatic heterocycles. The summed E-state index contributed by atoms with van der Waals surface area (Å²) >= 11 is 0. The smallest absolute Gasteiger partial charge is 0.328 e. The highest BCUT2D eigenvalue weighted by molar-refractivity contribution is 5.77. The van der Waals surface area contributed by atoms with Gasteiger partial charge in [0.1, 0.15) is 5.75 Å². The van der Waals surface area contributed by atoms with Gasteiger partial charge >= 0.3 is 11.7 Å². The number of hydrogen-bond donors (Lipinski definition) is 2. The number of phenols is 1. The third kappa shape index (κ3) is 2.49. The molecule has 1 heterocycles. The molecule has 1 fully saturated rings. The Kier molecular flexibility index (Phi) is 3.68. The van der Waals surface area contributed by atoms with Crippen molar-refractivity contribution in [1.29, 1.82) is 0 Å². The van der Waals surface area contributed by atoms with Gasteiger partial charge in [-0.2, -0.15) is 0 Å². The molecule has 6 nitrogen and oxygen atoms in total. The fraction of sp³-hybridized carbons (Fsp3) is 0.500. The molecule has 0 amide bonds. The van der Waals surface area contributed by atoms with Gasteiger partial charge in [0.2, 0.25) is 0 Å². The number of aryl methyl sites for hydroxylation is 1. The number of nitrogens with zero attached hydrogens (tertiary/aromatic N) is 2. The zero-order valence-corrected chi connectivity index (χ0v) is 12.5. The van der Waals surface area contributed by atoms with E-state index in [1.807, 2.05) is 0 Å². The highest BCUT2D eigenvalue weighted by Gasteiger charge is 2.27. The molecular formula is C16H20N2O4. The van der Waals surface area contributed by atoms with Crippen LogP contribution in [0.4, 0.5) is 0 Å². The highest BCUT2D eigenvalue weighted by Crippen LogP contribution is 2.30. The number of aromatic hydroxyl groups is 1. The number of carbonyl (C=O) groups is 1. The van der Waals surface area contributed by atoms with Crippen molar-refractivity contribution >= 4 is 17.0 Å². The fourth-order valence-electron chi connectivity index (χ4n) is 3.43. The van der Waals surface area contributed by atoms with Gasteiger partial charge in [-0.25, -0.2) is 4.79 Å². The van der Waals surface area contributed by atoms with Crippen molar-refractivity contribution in [2.75, 3.05) is 0 Å². The van der Waals surface area contributed by atoms with Crippen LogP contribution in [0.25, 0.3) is 11.0 Å². The maximum atomic E-state index is 12.4. The van der Waals surface area contributed by atoms with E-state index in [9.17, 15) is 14.7 Å². The van der Waals surface area contributed by atoms with Crippen molar-refractivity contribution in [2.24, 2.45) is 18.9 Å². The lowest BCUT2D eigenvalue weighted by atomic mass is 9.82. The lowest BCUT2D eigenvalue weighted by Gasteiger charge is -2.26. The molecule has 0 bridgehead atoms. The topological polar surface area (TPSA) is 84.5 Å². The van der Waals surface area contributed by atoms with Crippen molar-refractivity contribution < 1.29 is 15.0 Å². The number of fused-ring (bicyclic) bond motifs is 1. The summed E-state index contributed by atoms with van der Waals surface area (Å²) in [6.45, 7) is 0.575. The summed E-state index contributed by atoms with van der Waals surface area (Å²) in [5, 5.41) is 18.7. The van der Waals surface area contributed by atoms with Crippen LogP contribution in [-0.2, 0) is 18.4 Å². The van der Waals surface area contributed by atoms with Crippen molar-refractivity contribution in [2.45, 2.75) is 32.2 Å². The molecule has 2 N–H and O–H groups in total. The molecule has 0 radical (unpaired) electrons. The van der Waals surface area contributed by atoms with Gasteiger partial charge < -0.3 is 10.2 Å². The van der Waals surface area contributed by atoms with Gasteiger partial charge in [-0.3, -0.25) is 13.9 Å². The molecule has 1 aliphatic rings. The number of rotatable bonds is 3. The molecule has 1 saturated carbocycles. The Morgan fingerprint density at radius 2 is 1.91 bits per heavy atom. The average molecular weight is 304 g/mol. The molecule has 118 valence electrons. The SMILES string of the molecule is Cn1c(=O)n(CC2CCC(C(=O)O)CC2)c2cc(O)ccc21. The number of benzene rings is 1. The van der Waals surface area contributed by atoms with Crippen LogP contribution in [-0.4, -0.2) is 25.3 Å². The summed E-state index contributed by atoms with van der Waals surface area (Å²) in [6, 6.07) is 4.92. The molecule has 6 heteroatoms. The standard InChI is InChI=1S/C16H20N2O4/c1-17-13-7-6-12(19)8-14(13)18(16(17)22)9-10-2-4-11(5-3-10)15(20)21/h6-8,10-11,19H,2-5,9H2,1H3,(H,20,21). The van der Waals surface area contributed by atoms with Crippen LogP contribution in [0.2, 0.25) is 0 Å². The first-order chi connectivity index (χ1) is 10.5. The lowest BCUT2D eigenvalue weighted by Crippen LogP contribution is -2.28. The van der Waals surface area contributed by atoms with Crippen molar-refractivity contribution in [3.05, 3.63) is 28.7 Å². The minimum atomic E-state index is -0.717. The normalized spacial score (nSPS) is 22.0. The van der Waals surface area contributed by atoms with E-state index in [4.69, 9.17) is 5.11 Å². The van der Waals surface area contributed by atoms with Crippen LogP contribution in [0.15, 0.2) is 23.0 Å². The second-order valence-corrected chi connectivity index (χ2v) is 6.18. The summed E-state index contributed by atoms with van der Waals surface area (Å²) in [5.41, 5.74) is 1.43. The molecule has 3 rings (SSSR count). The first-order valence-corrected chi connectivity index (χ1v) is 7.58. The van der Waals surface area contributed by atoms with Crippen molar-refractivity contribution in [1.82, 2.24) is 9.13 Å². The lowest BCUT2D eigenvalue weighted by molar-refractivity contribution is -0.143. The summed E-state index contributed by atoms with van der Waals surface area (Å²) in [4.78, 5) is 23.4. The molecule has 22 heavy (non-hydrogen) atoms. The molecule has 0 atom stereocenters. The summed E-state index contributed by atoms with van der Waals surface area (Å²) < 4.78 is 3.28. The first kappa shape index (κ1) is 14.7. The minimum Gasteiger partial charge on any atom is -0.508 e. The van der Waals surface area contributed by atoms with Gasteiger partial charge in [0.05, 0.1) is 17.0 Å². The maximum absolute atomic E-state index is 12.4. The number of aromatic nitrogens is 2. The first-order valence-electron chi connectivity index (χ1n) is 7.58. The van der Waals surface area contributed by atoms with Crippen LogP contribution in [0.3, 0.4) is 0 Å². The van der Waals surface area contributed by atoms with E-state index >= 15 is 0 Å². The van der Waals surface area contributed by atoms with Gasteiger partial charge in [-0.15, -0.1) is 0 Å². The van der Waals surface area contributed by atoms with Crippen LogP contribution in [0.1, 0.15) is 25.7 Å². The van der Waals surface area contributed by atoms with E-state index < -0.39 is 5.97 Å². The number of carboxylic acid groups (broad SMARTS) is 1. The molecule has 1 aromatic heterocycles. The molecular weight excluding hydrogens is 284 g/mol. The van der Waals surface area contributed by atoms with Gasteiger partial charge in [-0.05, 0) is 43.7 Å². The quantitative estimate of drug-likeness (QED) is 0.907. The third-order valence-electron chi connectivity index (χ3n) is 4.77. The molecule has 1 aromatic carbocycles. The second-order valence-electron chi connectivity index (χ2n) is 6.18. The number of aliphatic carboxylic acids is 1. The van der Waals surface area contributed by atoms with E-state index in [0.717, 1.165) is 23.9 Å².